The molecule has 4 nitrogen and oxygen atoms in total. The van der Waals surface area contributed by atoms with Crippen LogP contribution >= 0.6 is 11.9 Å². The molecular weight excluding hydrogens is 463 g/mol. The molecule has 33 heavy (non-hydrogen) atoms. The van der Waals surface area contributed by atoms with E-state index in [1.54, 1.807) is 12.1 Å². The van der Waals surface area contributed by atoms with Crippen molar-refractivity contribution in [2.75, 3.05) is 17.8 Å². The highest BCUT2D eigenvalue weighted by atomic mass is 32.2. The first-order valence-corrected chi connectivity index (χ1v) is 10.5. The number of amides is 1. The second kappa shape index (κ2) is 8.68. The van der Waals surface area contributed by atoms with E-state index in [0.29, 0.717) is 11.3 Å². The van der Waals surface area contributed by atoms with E-state index in [9.17, 15) is 31.9 Å². The number of nitrogens with zero attached hydrogens (tertiary/aromatic N) is 1. The molecule has 3 aromatic carbocycles. The van der Waals surface area contributed by atoms with Crippen LogP contribution in [-0.4, -0.2) is 29.0 Å². The Morgan fingerprint density at radius 1 is 1.00 bits per heavy atom. The van der Waals surface area contributed by atoms with Gasteiger partial charge in [0.05, 0.1) is 23.5 Å². The topological polar surface area (TPSA) is 52.6 Å². The Labute approximate surface area is 190 Å². The number of hydrogen-bond acceptors (Lipinski definition) is 4. The third-order valence-electron chi connectivity index (χ3n) is 5.22. The molecule has 0 radical (unpaired) electrons. The summed E-state index contributed by atoms with van der Waals surface area (Å²) in [6.45, 7) is -0.264. The molecular formula is C23H17F5N2O2S. The zero-order valence-electron chi connectivity index (χ0n) is 16.9. The number of alkyl halides is 3. The molecule has 0 aliphatic carbocycles. The second-order valence-electron chi connectivity index (χ2n) is 7.63. The summed E-state index contributed by atoms with van der Waals surface area (Å²) < 4.78 is 68.4. The molecule has 1 heterocycles. The molecule has 0 spiro atoms. The lowest BCUT2D eigenvalue weighted by atomic mass is 9.85. The van der Waals surface area contributed by atoms with Crippen LogP contribution in [0, 0.1) is 11.6 Å². The van der Waals surface area contributed by atoms with Gasteiger partial charge in [0.15, 0.2) is 0 Å². The minimum Gasteiger partial charge on any atom is -0.381 e. The van der Waals surface area contributed by atoms with E-state index < -0.39 is 29.0 Å². The maximum absolute atomic E-state index is 13.7. The van der Waals surface area contributed by atoms with Crippen LogP contribution in [0.4, 0.5) is 27.6 Å². The summed E-state index contributed by atoms with van der Waals surface area (Å²) in [4.78, 5) is 14.2. The van der Waals surface area contributed by atoms with Crippen LogP contribution in [0.5, 0.6) is 0 Å². The quantitative estimate of drug-likeness (QED) is 0.377. The Morgan fingerprint density at radius 3 is 2.33 bits per heavy atom. The summed E-state index contributed by atoms with van der Waals surface area (Å²) in [7, 11) is 0. The first kappa shape index (κ1) is 23.1. The maximum Gasteiger partial charge on any atom is 0.416 e. The summed E-state index contributed by atoms with van der Waals surface area (Å²) in [5.74, 6) is -1.76. The molecule has 1 aliphatic rings. The largest absolute Gasteiger partial charge is 0.416 e. The molecule has 0 bridgehead atoms. The summed E-state index contributed by atoms with van der Waals surface area (Å²) in [6.07, 6.45) is -4.53. The van der Waals surface area contributed by atoms with Crippen LogP contribution in [0.1, 0.15) is 21.5 Å². The average Bonchev–Trinajstić information content (AvgIpc) is 2.76. The maximum atomic E-state index is 13.7. The van der Waals surface area contributed by atoms with Crippen LogP contribution in [0.15, 0.2) is 71.6 Å². The molecule has 0 atom stereocenters. The first-order valence-electron chi connectivity index (χ1n) is 9.72. The Hall–Kier alpha value is -3.11. The fourth-order valence-corrected chi connectivity index (χ4v) is 4.09. The van der Waals surface area contributed by atoms with Crippen LogP contribution in [-0.2, 0) is 11.8 Å². The molecule has 1 aliphatic heterocycles. The van der Waals surface area contributed by atoms with Crippen molar-refractivity contribution in [1.82, 2.24) is 4.90 Å². The molecule has 1 fully saturated rings. The van der Waals surface area contributed by atoms with Crippen LogP contribution in [0.2, 0.25) is 0 Å². The minimum atomic E-state index is -4.53. The van der Waals surface area contributed by atoms with Crippen molar-refractivity contribution < 1.29 is 31.9 Å². The summed E-state index contributed by atoms with van der Waals surface area (Å²) in [6, 6.07) is 13.9. The third kappa shape index (κ3) is 4.96. The second-order valence-corrected chi connectivity index (χ2v) is 8.48. The number of carbonyl (C=O) groups excluding carboxylic acids is 1. The first-order chi connectivity index (χ1) is 15.5. The molecule has 1 saturated heterocycles. The molecule has 0 unspecified atom stereocenters. The number of halogens is 5. The number of hydrogen-bond donors (Lipinski definition) is 2. The van der Waals surface area contributed by atoms with Crippen LogP contribution in [0.3, 0.4) is 0 Å². The molecule has 10 heteroatoms. The average molecular weight is 480 g/mol. The highest BCUT2D eigenvalue weighted by Gasteiger charge is 2.46. The zero-order valence-corrected chi connectivity index (χ0v) is 17.7. The third-order valence-corrected chi connectivity index (χ3v) is 6.11. The Morgan fingerprint density at radius 2 is 1.70 bits per heavy atom. The predicted octanol–water partition coefficient (Wildman–Crippen LogP) is 5.45. The molecule has 1 amide bonds. The lowest BCUT2D eigenvalue weighted by Crippen LogP contribution is -2.61. The van der Waals surface area contributed by atoms with E-state index in [2.05, 4.69) is 4.72 Å². The molecule has 3 aromatic rings. The van der Waals surface area contributed by atoms with Crippen LogP contribution in [0.25, 0.3) is 0 Å². The Balaban J connectivity index is 1.37. The molecule has 4 rings (SSSR count). The number of rotatable bonds is 5. The number of β-amino-alcohol motifs (C(OH)–C–C–N with tert-alkyl or cyclic N) is 1. The van der Waals surface area contributed by atoms with E-state index in [0.717, 1.165) is 36.2 Å². The lowest BCUT2D eigenvalue weighted by molar-refractivity contribution is -0.138. The van der Waals surface area contributed by atoms with Gasteiger partial charge < -0.3 is 14.7 Å². The van der Waals surface area contributed by atoms with E-state index in [1.807, 2.05) is 0 Å². The highest BCUT2D eigenvalue weighted by Crippen LogP contribution is 2.37. The SMILES string of the molecule is O=C(c1ccc(NSc2ccc(F)cc2F)cc1)N1CC(O)(c2cccc(C(F)(F)F)c2)C1. The van der Waals surface area contributed by atoms with E-state index in [4.69, 9.17) is 0 Å². The van der Waals surface area contributed by atoms with Gasteiger partial charge in [-0.1, -0.05) is 12.1 Å². The van der Waals surface area contributed by atoms with Gasteiger partial charge >= 0.3 is 6.18 Å². The van der Waals surface area contributed by atoms with Gasteiger partial charge in [0.2, 0.25) is 0 Å². The van der Waals surface area contributed by atoms with E-state index >= 15 is 0 Å². The number of nitrogens with one attached hydrogen (secondary N) is 1. The Kier molecular flexibility index (Phi) is 6.06. The van der Waals surface area contributed by atoms with Crippen molar-refractivity contribution in [3.63, 3.8) is 0 Å². The predicted molar refractivity (Wildman–Crippen MR) is 114 cm³/mol. The van der Waals surface area contributed by atoms with Gasteiger partial charge in [-0.05, 0) is 66.0 Å². The van der Waals surface area contributed by atoms with E-state index in [-0.39, 0.29) is 29.5 Å². The molecule has 0 saturated carbocycles. The van der Waals surface area contributed by atoms with Gasteiger partial charge in [0.25, 0.3) is 5.91 Å². The number of benzene rings is 3. The summed E-state index contributed by atoms with van der Waals surface area (Å²) >= 11 is 0.945. The summed E-state index contributed by atoms with van der Waals surface area (Å²) in [5.41, 5.74) is -1.41. The van der Waals surface area contributed by atoms with Gasteiger partial charge in [0.1, 0.15) is 17.2 Å². The van der Waals surface area contributed by atoms with Crippen molar-refractivity contribution >= 4 is 23.5 Å². The zero-order chi connectivity index (χ0) is 23.8. The standard InChI is InChI=1S/C23H17F5N2O2S/c24-17-6-9-20(19(25)11-17)33-29-18-7-4-14(5-8-18)21(31)30-12-22(32,13-30)15-2-1-3-16(10-15)23(26,27)28/h1-11,29,32H,12-13H2. The van der Waals surface area contributed by atoms with Gasteiger partial charge in [-0.15, -0.1) is 0 Å². The number of carbonyl (C=O) groups is 1. The van der Waals surface area contributed by atoms with Crippen molar-refractivity contribution in [2.45, 2.75) is 16.7 Å². The van der Waals surface area contributed by atoms with Gasteiger partial charge in [-0.25, -0.2) is 8.78 Å². The normalized spacial score (nSPS) is 15.2. The Bertz CT molecular complexity index is 1180. The molecule has 2 N–H and O–H groups in total. The monoisotopic (exact) mass is 480 g/mol. The van der Waals surface area contributed by atoms with Crippen molar-refractivity contribution in [1.29, 1.82) is 0 Å². The van der Waals surface area contributed by atoms with E-state index in [1.165, 1.54) is 35.2 Å². The highest BCUT2D eigenvalue weighted by molar-refractivity contribution is 8.00. The van der Waals surface area contributed by atoms with Gasteiger partial charge in [-0.2, -0.15) is 13.2 Å². The van der Waals surface area contributed by atoms with Crippen molar-refractivity contribution in [3.05, 3.63) is 95.1 Å². The number of likely N-dealkylation sites (tertiary alicyclic amines) is 1. The van der Waals surface area contributed by atoms with Gasteiger partial charge in [0, 0.05) is 17.3 Å². The smallest absolute Gasteiger partial charge is 0.381 e. The summed E-state index contributed by atoms with van der Waals surface area (Å²) in [5, 5.41) is 10.7. The number of anilines is 1. The van der Waals surface area contributed by atoms with Gasteiger partial charge in [-0.3, -0.25) is 4.79 Å². The molecule has 0 aromatic heterocycles. The fourth-order valence-electron chi connectivity index (χ4n) is 3.43. The minimum absolute atomic E-state index is 0.103. The van der Waals surface area contributed by atoms with Crippen LogP contribution < -0.4 is 4.72 Å². The fraction of sp³-hybridized carbons (Fsp3) is 0.174. The lowest BCUT2D eigenvalue weighted by Gasteiger charge is -2.46. The molecule has 172 valence electrons. The number of aliphatic hydroxyl groups is 1. The van der Waals surface area contributed by atoms with Crippen molar-refractivity contribution in [3.8, 4) is 0 Å². The van der Waals surface area contributed by atoms with Crippen molar-refractivity contribution in [2.24, 2.45) is 0 Å².